The van der Waals surface area contributed by atoms with Crippen LogP contribution in [0.3, 0.4) is 0 Å². The van der Waals surface area contributed by atoms with Gasteiger partial charge in [0, 0.05) is 29.5 Å². The van der Waals surface area contributed by atoms with Gasteiger partial charge in [0.2, 0.25) is 11.0 Å². The van der Waals surface area contributed by atoms with E-state index in [0.717, 1.165) is 31.6 Å². The van der Waals surface area contributed by atoms with Crippen LogP contribution in [0.1, 0.15) is 44.2 Å². The van der Waals surface area contributed by atoms with Crippen molar-refractivity contribution in [2.45, 2.75) is 50.2 Å². The van der Waals surface area contributed by atoms with E-state index in [4.69, 9.17) is 9.15 Å². The van der Waals surface area contributed by atoms with Gasteiger partial charge in [-0.3, -0.25) is 0 Å². The quantitative estimate of drug-likeness (QED) is 0.399. The summed E-state index contributed by atoms with van der Waals surface area (Å²) in [4.78, 5) is 17.0. The Kier molecular flexibility index (Phi) is 7.05. The predicted octanol–water partition coefficient (Wildman–Crippen LogP) is 4.57. The number of halogens is 1. The molecule has 2 aromatic heterocycles. The molecule has 36 heavy (non-hydrogen) atoms. The molecule has 0 bridgehead atoms. The molecule has 1 saturated carbocycles. The van der Waals surface area contributed by atoms with E-state index in [1.807, 2.05) is 4.72 Å². The summed E-state index contributed by atoms with van der Waals surface area (Å²) in [5.74, 6) is 0.168. The highest BCUT2D eigenvalue weighted by Crippen LogP contribution is 2.38. The number of rotatable bonds is 8. The van der Waals surface area contributed by atoms with E-state index in [0.29, 0.717) is 40.6 Å². The molecule has 1 aromatic carbocycles. The van der Waals surface area contributed by atoms with Gasteiger partial charge >= 0.3 is 6.03 Å². The van der Waals surface area contributed by atoms with Crippen molar-refractivity contribution in [1.29, 1.82) is 0 Å². The topological polar surface area (TPSA) is 131 Å². The summed E-state index contributed by atoms with van der Waals surface area (Å²) in [5, 5.41) is 12.2. The van der Waals surface area contributed by atoms with Gasteiger partial charge in [-0.05, 0) is 55.5 Å². The largest absolute Gasteiger partial charge is 0.481 e. The second kappa shape index (κ2) is 9.90. The van der Waals surface area contributed by atoms with Crippen LogP contribution in [0.25, 0.3) is 11.1 Å². The Labute approximate surface area is 208 Å². The fraction of sp³-hybridized carbons (Fsp3) is 0.360. The maximum atomic E-state index is 14.7. The van der Waals surface area contributed by atoms with Gasteiger partial charge in [-0.1, -0.05) is 19.3 Å². The summed E-state index contributed by atoms with van der Waals surface area (Å²) in [7, 11) is -2.94. The number of hydrogen-bond donors (Lipinski definition) is 3. The zero-order valence-corrected chi connectivity index (χ0v) is 21.0. The summed E-state index contributed by atoms with van der Waals surface area (Å²) in [6, 6.07) is 5.97. The van der Waals surface area contributed by atoms with Crippen molar-refractivity contribution in [2.75, 3.05) is 12.4 Å². The van der Waals surface area contributed by atoms with Gasteiger partial charge in [0.25, 0.3) is 10.0 Å². The molecule has 1 fully saturated rings. The zero-order valence-electron chi connectivity index (χ0n) is 20.2. The standard InChI is InChI=1S/C25H28FN3O6S/c1-25(2,31)18-12-22(35-14-18)36(32,33)29-24(30)28-23-17(9-15-5-4-6-15)10-19(26)13-20(23)16-7-8-27-21(11-16)34-3/h7-8,10-15,31H,4-6,9H2,1-3H3,(H2,28,29,30). The third kappa shape index (κ3) is 5.68. The molecule has 0 aliphatic heterocycles. The highest BCUT2D eigenvalue weighted by molar-refractivity contribution is 7.89. The predicted molar refractivity (Wildman–Crippen MR) is 131 cm³/mol. The highest BCUT2D eigenvalue weighted by atomic mass is 32.2. The Balaban J connectivity index is 1.67. The van der Waals surface area contributed by atoms with Crippen molar-refractivity contribution < 1.29 is 31.9 Å². The smallest absolute Gasteiger partial charge is 0.333 e. The van der Waals surface area contributed by atoms with E-state index >= 15 is 0 Å². The van der Waals surface area contributed by atoms with Crippen molar-refractivity contribution in [3.05, 3.63) is 59.7 Å². The molecule has 0 unspecified atom stereocenters. The first kappa shape index (κ1) is 25.6. The first-order chi connectivity index (χ1) is 17.0. The number of hydrogen-bond acceptors (Lipinski definition) is 7. The number of furan rings is 1. The van der Waals surface area contributed by atoms with Crippen molar-refractivity contribution in [3.8, 4) is 17.0 Å². The number of amides is 2. The Morgan fingerprint density at radius 2 is 2.03 bits per heavy atom. The summed E-state index contributed by atoms with van der Waals surface area (Å²) in [5.41, 5.74) is 0.653. The van der Waals surface area contributed by atoms with Crippen LogP contribution in [0, 0.1) is 11.7 Å². The van der Waals surface area contributed by atoms with Crippen molar-refractivity contribution in [1.82, 2.24) is 9.71 Å². The number of carbonyl (C=O) groups is 1. The molecule has 1 aliphatic rings. The first-order valence-corrected chi connectivity index (χ1v) is 12.9. The number of aliphatic hydroxyl groups is 1. The lowest BCUT2D eigenvalue weighted by atomic mass is 9.80. The van der Waals surface area contributed by atoms with E-state index in [1.54, 1.807) is 12.1 Å². The van der Waals surface area contributed by atoms with Gasteiger partial charge in [0.1, 0.15) is 5.82 Å². The number of sulfonamides is 1. The van der Waals surface area contributed by atoms with Gasteiger partial charge in [0.05, 0.1) is 24.7 Å². The number of urea groups is 1. The molecule has 3 N–H and O–H groups in total. The monoisotopic (exact) mass is 517 g/mol. The molecular weight excluding hydrogens is 489 g/mol. The van der Waals surface area contributed by atoms with Crippen molar-refractivity contribution in [3.63, 3.8) is 0 Å². The van der Waals surface area contributed by atoms with E-state index in [9.17, 15) is 22.7 Å². The van der Waals surface area contributed by atoms with Crippen LogP contribution in [0.4, 0.5) is 14.9 Å². The second-order valence-corrected chi connectivity index (χ2v) is 11.0. The van der Waals surface area contributed by atoms with E-state index in [1.165, 1.54) is 39.3 Å². The molecule has 2 heterocycles. The fourth-order valence-electron chi connectivity index (χ4n) is 3.99. The average molecular weight is 518 g/mol. The molecule has 2 amide bonds. The number of aromatic nitrogens is 1. The van der Waals surface area contributed by atoms with Crippen LogP contribution in [0.15, 0.2) is 52.3 Å². The summed E-state index contributed by atoms with van der Waals surface area (Å²) < 4.78 is 52.4. The number of methoxy groups -OCH3 is 1. The lowest BCUT2D eigenvalue weighted by Gasteiger charge is -2.27. The number of anilines is 1. The Morgan fingerprint density at radius 1 is 1.28 bits per heavy atom. The van der Waals surface area contributed by atoms with Crippen LogP contribution in [0.5, 0.6) is 5.88 Å². The van der Waals surface area contributed by atoms with Gasteiger partial charge in [-0.15, -0.1) is 0 Å². The number of ether oxygens (including phenoxy) is 1. The second-order valence-electron chi connectivity index (χ2n) is 9.35. The normalized spacial score (nSPS) is 14.2. The minimum absolute atomic E-state index is 0.235. The van der Waals surface area contributed by atoms with E-state index in [-0.39, 0.29) is 5.56 Å². The zero-order chi connectivity index (χ0) is 26.1. The summed E-state index contributed by atoms with van der Waals surface area (Å²) in [6.45, 7) is 2.95. The molecule has 0 saturated heterocycles. The van der Waals surface area contributed by atoms with Crippen LogP contribution in [-0.4, -0.2) is 31.6 Å². The number of pyridine rings is 1. The molecule has 11 heteroatoms. The number of benzene rings is 1. The maximum absolute atomic E-state index is 14.7. The Hall–Kier alpha value is -3.44. The van der Waals surface area contributed by atoms with Gasteiger partial charge < -0.3 is 19.6 Å². The van der Waals surface area contributed by atoms with E-state index < -0.39 is 32.6 Å². The van der Waals surface area contributed by atoms with E-state index in [2.05, 4.69) is 10.3 Å². The lowest BCUT2D eigenvalue weighted by molar-refractivity contribution is 0.0779. The molecule has 3 aromatic rings. The molecule has 0 spiro atoms. The van der Waals surface area contributed by atoms with Crippen molar-refractivity contribution in [2.24, 2.45) is 5.92 Å². The molecule has 1 aliphatic carbocycles. The summed E-state index contributed by atoms with van der Waals surface area (Å²) >= 11 is 0. The fourth-order valence-corrected chi connectivity index (χ4v) is 4.84. The van der Waals surface area contributed by atoms with Crippen LogP contribution in [-0.2, 0) is 22.0 Å². The highest BCUT2D eigenvalue weighted by Gasteiger charge is 2.28. The Morgan fingerprint density at radius 3 is 2.64 bits per heavy atom. The van der Waals surface area contributed by atoms with Gasteiger partial charge in [0.15, 0.2) is 0 Å². The number of carbonyl (C=O) groups excluding carboxylic acids is 1. The molecular formula is C25H28FN3O6S. The minimum atomic E-state index is -4.39. The SMILES string of the molecule is COc1cc(-c2cc(F)cc(CC3CCC3)c2NC(=O)NS(=O)(=O)c2cc(C(C)(C)O)co2)ccn1. The van der Waals surface area contributed by atoms with Crippen LogP contribution >= 0.6 is 0 Å². The minimum Gasteiger partial charge on any atom is -0.481 e. The molecule has 0 radical (unpaired) electrons. The van der Waals surface area contributed by atoms with Crippen LogP contribution in [0.2, 0.25) is 0 Å². The lowest BCUT2D eigenvalue weighted by Crippen LogP contribution is -2.34. The average Bonchev–Trinajstić information content (AvgIpc) is 3.29. The van der Waals surface area contributed by atoms with Crippen LogP contribution < -0.4 is 14.8 Å². The molecule has 192 valence electrons. The molecule has 9 nitrogen and oxygen atoms in total. The molecule has 4 rings (SSSR count). The maximum Gasteiger partial charge on any atom is 0.333 e. The molecule has 0 atom stereocenters. The Bertz CT molecular complexity index is 1380. The van der Waals surface area contributed by atoms with Gasteiger partial charge in [-0.25, -0.2) is 18.9 Å². The number of nitrogens with zero attached hydrogens (tertiary/aromatic N) is 1. The van der Waals surface area contributed by atoms with Gasteiger partial charge in [-0.2, -0.15) is 8.42 Å². The van der Waals surface area contributed by atoms with Crippen molar-refractivity contribution >= 4 is 21.7 Å². The third-order valence-electron chi connectivity index (χ3n) is 6.19. The number of nitrogens with one attached hydrogen (secondary N) is 2. The summed E-state index contributed by atoms with van der Waals surface area (Å²) in [6.07, 6.45) is 6.22. The first-order valence-electron chi connectivity index (χ1n) is 11.4. The third-order valence-corrected chi connectivity index (χ3v) is 7.38.